The van der Waals surface area contributed by atoms with Crippen LogP contribution >= 0.6 is 22.9 Å². The maximum absolute atomic E-state index is 12.2. The number of para-hydroxylation sites is 1. The van der Waals surface area contributed by atoms with Crippen molar-refractivity contribution in [2.45, 2.75) is 12.8 Å². The Balaban J connectivity index is 1.61. The third kappa shape index (κ3) is 4.20. The summed E-state index contributed by atoms with van der Waals surface area (Å²) >= 11 is 7.76. The number of hydrogen-bond donors (Lipinski definition) is 1. The quantitative estimate of drug-likeness (QED) is 0.712. The van der Waals surface area contributed by atoms with E-state index in [-0.39, 0.29) is 11.8 Å². The number of aromatic nitrogens is 1. The number of hydrogen-bond acceptors (Lipinski definition) is 4. The minimum atomic E-state index is -0.177. The van der Waals surface area contributed by atoms with Crippen molar-refractivity contribution in [1.82, 2.24) is 9.88 Å². The maximum atomic E-state index is 12.2. The average Bonchev–Trinajstić information content (AvgIpc) is 3.02. The molecule has 0 saturated carbocycles. The van der Waals surface area contributed by atoms with Crippen molar-refractivity contribution in [3.8, 4) is 0 Å². The molecule has 0 radical (unpaired) electrons. The molecule has 0 bridgehead atoms. The van der Waals surface area contributed by atoms with Crippen LogP contribution in [0.5, 0.6) is 0 Å². The van der Waals surface area contributed by atoms with E-state index in [9.17, 15) is 9.59 Å². The second-order valence-electron chi connectivity index (χ2n) is 6.02. The molecular formula is C19H18ClN3O2S. The van der Waals surface area contributed by atoms with Gasteiger partial charge in [0.1, 0.15) is 0 Å². The fraction of sp³-hybridized carbons (Fsp3) is 0.211. The Hall–Kier alpha value is -2.44. The van der Waals surface area contributed by atoms with Crippen molar-refractivity contribution < 1.29 is 9.59 Å². The third-order valence-electron chi connectivity index (χ3n) is 3.79. The number of rotatable bonds is 5. The number of nitrogens with zero attached hydrogens (tertiary/aromatic N) is 2. The van der Waals surface area contributed by atoms with Gasteiger partial charge in [0.15, 0.2) is 0 Å². The van der Waals surface area contributed by atoms with Gasteiger partial charge in [-0.25, -0.2) is 4.98 Å². The van der Waals surface area contributed by atoms with E-state index in [0.29, 0.717) is 29.1 Å². The molecule has 0 fully saturated rings. The summed E-state index contributed by atoms with van der Waals surface area (Å²) < 4.78 is 1.12. The predicted molar refractivity (Wildman–Crippen MR) is 106 cm³/mol. The number of carbonyl (C=O) groups is 2. The van der Waals surface area contributed by atoms with E-state index in [0.717, 1.165) is 15.2 Å². The SMILES string of the molecule is CN(C)C(=O)c1ccc(NC(=O)CCc2nc3ccccc3s2)cc1Cl. The monoisotopic (exact) mass is 387 g/mol. The number of halogens is 1. The molecule has 5 nitrogen and oxygen atoms in total. The van der Waals surface area contributed by atoms with Gasteiger partial charge in [0.25, 0.3) is 5.91 Å². The first-order chi connectivity index (χ1) is 12.4. The number of aryl methyl sites for hydroxylation is 1. The molecule has 0 saturated heterocycles. The summed E-state index contributed by atoms with van der Waals surface area (Å²) in [7, 11) is 3.33. The standard InChI is InChI=1S/C19H18ClN3O2S/c1-23(2)19(25)13-8-7-12(11-14(13)20)21-17(24)9-10-18-22-15-5-3-4-6-16(15)26-18/h3-8,11H,9-10H2,1-2H3,(H,21,24). The Morgan fingerprint density at radius 3 is 2.65 bits per heavy atom. The van der Waals surface area contributed by atoms with Gasteiger partial charge in [-0.2, -0.15) is 0 Å². The lowest BCUT2D eigenvalue weighted by Crippen LogP contribution is -2.22. The second kappa shape index (κ2) is 7.85. The van der Waals surface area contributed by atoms with Crippen LogP contribution in [0.15, 0.2) is 42.5 Å². The number of amides is 2. The first-order valence-electron chi connectivity index (χ1n) is 8.09. The van der Waals surface area contributed by atoms with Gasteiger partial charge < -0.3 is 10.2 Å². The highest BCUT2D eigenvalue weighted by atomic mass is 35.5. The molecule has 0 aliphatic heterocycles. The molecule has 2 amide bonds. The van der Waals surface area contributed by atoms with Gasteiger partial charge in [0.2, 0.25) is 5.91 Å². The zero-order chi connectivity index (χ0) is 18.7. The van der Waals surface area contributed by atoms with Gasteiger partial charge >= 0.3 is 0 Å². The Morgan fingerprint density at radius 2 is 1.96 bits per heavy atom. The smallest absolute Gasteiger partial charge is 0.254 e. The van der Waals surface area contributed by atoms with Crippen LogP contribution in [-0.2, 0) is 11.2 Å². The largest absolute Gasteiger partial charge is 0.345 e. The molecule has 1 N–H and O–H groups in total. The second-order valence-corrected chi connectivity index (χ2v) is 7.54. The van der Waals surface area contributed by atoms with Crippen molar-refractivity contribution >= 4 is 50.7 Å². The lowest BCUT2D eigenvalue weighted by atomic mass is 10.1. The molecule has 0 unspecified atom stereocenters. The average molecular weight is 388 g/mol. The lowest BCUT2D eigenvalue weighted by Gasteiger charge is -2.12. The van der Waals surface area contributed by atoms with Crippen LogP contribution in [0, 0.1) is 0 Å². The van der Waals surface area contributed by atoms with Crippen molar-refractivity contribution in [2.75, 3.05) is 19.4 Å². The first-order valence-corrected chi connectivity index (χ1v) is 9.29. The van der Waals surface area contributed by atoms with E-state index >= 15 is 0 Å². The highest BCUT2D eigenvalue weighted by molar-refractivity contribution is 7.18. The Labute approximate surface area is 160 Å². The van der Waals surface area contributed by atoms with E-state index in [1.54, 1.807) is 43.6 Å². The van der Waals surface area contributed by atoms with Crippen LogP contribution in [0.25, 0.3) is 10.2 Å². The molecule has 0 aliphatic carbocycles. The van der Waals surface area contributed by atoms with E-state index in [4.69, 9.17) is 11.6 Å². The number of thiazole rings is 1. The van der Waals surface area contributed by atoms with E-state index in [2.05, 4.69) is 10.3 Å². The zero-order valence-corrected chi connectivity index (χ0v) is 16.0. The van der Waals surface area contributed by atoms with Crippen molar-refractivity contribution in [3.63, 3.8) is 0 Å². The zero-order valence-electron chi connectivity index (χ0n) is 14.5. The van der Waals surface area contributed by atoms with Gasteiger partial charge in [-0.05, 0) is 30.3 Å². The number of anilines is 1. The molecule has 1 aromatic heterocycles. The molecular weight excluding hydrogens is 370 g/mol. The minimum Gasteiger partial charge on any atom is -0.345 e. The molecule has 3 rings (SSSR count). The molecule has 0 aliphatic rings. The van der Waals surface area contributed by atoms with Crippen LogP contribution in [0.1, 0.15) is 21.8 Å². The molecule has 134 valence electrons. The molecule has 0 spiro atoms. The highest BCUT2D eigenvalue weighted by Crippen LogP contribution is 2.24. The van der Waals surface area contributed by atoms with Crippen LogP contribution in [0.2, 0.25) is 5.02 Å². The Morgan fingerprint density at radius 1 is 1.19 bits per heavy atom. The third-order valence-corrected chi connectivity index (χ3v) is 5.20. The summed E-state index contributed by atoms with van der Waals surface area (Å²) in [4.78, 5) is 30.2. The van der Waals surface area contributed by atoms with Crippen molar-refractivity contribution in [3.05, 3.63) is 58.1 Å². The van der Waals surface area contributed by atoms with E-state index in [1.807, 2.05) is 24.3 Å². The Bertz CT molecular complexity index is 935. The fourth-order valence-corrected chi connectivity index (χ4v) is 3.71. The summed E-state index contributed by atoms with van der Waals surface area (Å²) in [5.41, 5.74) is 1.93. The fourth-order valence-electron chi connectivity index (χ4n) is 2.48. The summed E-state index contributed by atoms with van der Waals surface area (Å²) in [6.45, 7) is 0. The summed E-state index contributed by atoms with van der Waals surface area (Å²) in [6.07, 6.45) is 0.909. The summed E-state index contributed by atoms with van der Waals surface area (Å²) in [6, 6.07) is 12.8. The number of nitrogens with one attached hydrogen (secondary N) is 1. The van der Waals surface area contributed by atoms with Gasteiger partial charge in [0, 0.05) is 32.6 Å². The number of carbonyl (C=O) groups excluding carboxylic acids is 2. The van der Waals surface area contributed by atoms with Crippen LogP contribution < -0.4 is 5.32 Å². The van der Waals surface area contributed by atoms with Crippen molar-refractivity contribution in [2.24, 2.45) is 0 Å². The van der Waals surface area contributed by atoms with Crippen LogP contribution in [0.3, 0.4) is 0 Å². The van der Waals surface area contributed by atoms with Crippen molar-refractivity contribution in [1.29, 1.82) is 0 Å². The molecule has 1 heterocycles. The van der Waals surface area contributed by atoms with E-state index < -0.39 is 0 Å². The van der Waals surface area contributed by atoms with Gasteiger partial charge in [0.05, 0.1) is 25.8 Å². The molecule has 0 atom stereocenters. The van der Waals surface area contributed by atoms with Gasteiger partial charge in [-0.1, -0.05) is 23.7 Å². The molecule has 3 aromatic rings. The Kier molecular flexibility index (Phi) is 5.54. The first kappa shape index (κ1) is 18.4. The van der Waals surface area contributed by atoms with Gasteiger partial charge in [-0.15, -0.1) is 11.3 Å². The van der Waals surface area contributed by atoms with E-state index in [1.165, 1.54) is 4.90 Å². The summed E-state index contributed by atoms with van der Waals surface area (Å²) in [5.74, 6) is -0.296. The minimum absolute atomic E-state index is 0.119. The predicted octanol–water partition coefficient (Wildman–Crippen LogP) is 4.22. The number of benzene rings is 2. The van der Waals surface area contributed by atoms with Crippen LogP contribution in [0.4, 0.5) is 5.69 Å². The topological polar surface area (TPSA) is 62.3 Å². The highest BCUT2D eigenvalue weighted by Gasteiger charge is 2.13. The summed E-state index contributed by atoms with van der Waals surface area (Å²) in [5, 5.41) is 4.06. The lowest BCUT2D eigenvalue weighted by molar-refractivity contribution is -0.116. The number of fused-ring (bicyclic) bond motifs is 1. The molecule has 26 heavy (non-hydrogen) atoms. The van der Waals surface area contributed by atoms with Gasteiger partial charge in [-0.3, -0.25) is 9.59 Å². The molecule has 7 heteroatoms. The normalized spacial score (nSPS) is 10.7. The maximum Gasteiger partial charge on any atom is 0.254 e. The molecule has 2 aromatic carbocycles. The van der Waals surface area contributed by atoms with Crippen LogP contribution in [-0.4, -0.2) is 35.8 Å².